The minimum Gasteiger partial charge on any atom is -0.332 e. The van der Waals surface area contributed by atoms with E-state index in [2.05, 4.69) is 46.2 Å². The molecule has 0 aliphatic carbocycles. The molecule has 38 heavy (non-hydrogen) atoms. The van der Waals surface area contributed by atoms with Crippen LogP contribution in [0.3, 0.4) is 0 Å². The number of hydrogen-bond acceptors (Lipinski definition) is 8. The van der Waals surface area contributed by atoms with Gasteiger partial charge in [0.2, 0.25) is 0 Å². The molecule has 0 saturated heterocycles. The van der Waals surface area contributed by atoms with Gasteiger partial charge in [-0.1, -0.05) is 46.2 Å². The van der Waals surface area contributed by atoms with Gasteiger partial charge >= 0.3 is 0 Å². The van der Waals surface area contributed by atoms with E-state index in [1.807, 2.05) is 48.9 Å². The smallest absolute Gasteiger partial charge is 0.278 e. The summed E-state index contributed by atoms with van der Waals surface area (Å²) in [4.78, 5) is 17.0. The minimum absolute atomic E-state index is 0.270. The molecule has 0 radical (unpaired) electrons. The van der Waals surface area contributed by atoms with Gasteiger partial charge in [-0.25, -0.2) is 14.4 Å². The monoisotopic (exact) mass is 576 g/mol. The van der Waals surface area contributed by atoms with Crippen molar-refractivity contribution >= 4 is 15.9 Å². The number of nitrogens with zero attached hydrogens (tertiary/aromatic N) is 8. The summed E-state index contributed by atoms with van der Waals surface area (Å²) in [6, 6.07) is 14.1. The van der Waals surface area contributed by atoms with Crippen LogP contribution in [0.5, 0.6) is 0 Å². The van der Waals surface area contributed by atoms with Crippen molar-refractivity contribution in [3.8, 4) is 34.5 Å². The molecular weight excluding hydrogens is 555 g/mol. The van der Waals surface area contributed by atoms with E-state index in [0.717, 1.165) is 22.3 Å². The standard InChI is InChI=1S/C13H11BrN4O.C13H11FN4O/c1-2-12-16-13(19-17-12)11-7-18(8-15-11)10-5-3-4-9(14)6-10;1-2-12-16-13(19-17-12)11-7-18(8-15-11)10-5-3-9(14)4-6-10/h2*3-8H,2H2,1H3. The highest BCUT2D eigenvalue weighted by atomic mass is 79.9. The third-order valence-corrected chi connectivity index (χ3v) is 5.90. The van der Waals surface area contributed by atoms with Crippen LogP contribution in [-0.4, -0.2) is 39.4 Å². The van der Waals surface area contributed by atoms with Gasteiger partial charge in [-0.05, 0) is 42.5 Å². The highest BCUT2D eigenvalue weighted by Gasteiger charge is 2.12. The SMILES string of the molecule is CCc1noc(-c2cn(-c3ccc(F)cc3)cn2)n1.CCc1noc(-c2cn(-c3cccc(Br)c3)cn2)n1. The Kier molecular flexibility index (Phi) is 7.50. The second-order valence-corrected chi connectivity index (χ2v) is 8.94. The third-order valence-electron chi connectivity index (χ3n) is 5.40. The summed E-state index contributed by atoms with van der Waals surface area (Å²) in [5.74, 6) is 1.90. The lowest BCUT2D eigenvalue weighted by Gasteiger charge is -2.01. The second kappa shape index (κ2) is 11.3. The molecule has 10 nitrogen and oxygen atoms in total. The molecule has 0 unspecified atom stereocenters. The lowest BCUT2D eigenvalue weighted by Crippen LogP contribution is -1.89. The number of hydrogen-bond donors (Lipinski definition) is 0. The molecule has 0 bridgehead atoms. The van der Waals surface area contributed by atoms with E-state index in [1.165, 1.54) is 12.1 Å². The predicted octanol–water partition coefficient (Wildman–Crippen LogP) is 5.87. The van der Waals surface area contributed by atoms with Crippen molar-refractivity contribution in [2.75, 3.05) is 0 Å². The van der Waals surface area contributed by atoms with Gasteiger partial charge in [-0.2, -0.15) is 9.97 Å². The molecule has 0 amide bonds. The fourth-order valence-electron chi connectivity index (χ4n) is 3.40. The van der Waals surface area contributed by atoms with Gasteiger partial charge in [0.05, 0.1) is 0 Å². The van der Waals surface area contributed by atoms with E-state index in [1.54, 1.807) is 35.6 Å². The number of aryl methyl sites for hydroxylation is 2. The van der Waals surface area contributed by atoms with Gasteiger partial charge in [-0.15, -0.1) is 0 Å². The molecule has 0 spiro atoms. The maximum Gasteiger partial charge on any atom is 0.278 e. The molecule has 6 rings (SSSR count). The van der Waals surface area contributed by atoms with E-state index in [9.17, 15) is 4.39 Å². The van der Waals surface area contributed by atoms with Crippen LogP contribution >= 0.6 is 15.9 Å². The zero-order chi connectivity index (χ0) is 26.5. The molecule has 6 aromatic rings. The van der Waals surface area contributed by atoms with Crippen molar-refractivity contribution in [3.05, 3.63) is 95.5 Å². The van der Waals surface area contributed by atoms with Crippen molar-refractivity contribution in [2.24, 2.45) is 0 Å². The number of benzene rings is 2. The van der Waals surface area contributed by atoms with Crippen LogP contribution in [0.2, 0.25) is 0 Å². The molecule has 0 fully saturated rings. The van der Waals surface area contributed by atoms with Crippen LogP contribution in [-0.2, 0) is 12.8 Å². The van der Waals surface area contributed by atoms with Crippen molar-refractivity contribution in [3.63, 3.8) is 0 Å². The summed E-state index contributed by atoms with van der Waals surface area (Å²) < 4.78 is 27.8. The molecular formula is C26H22BrFN8O2. The summed E-state index contributed by atoms with van der Waals surface area (Å²) in [5, 5.41) is 7.68. The highest BCUT2D eigenvalue weighted by Crippen LogP contribution is 2.20. The van der Waals surface area contributed by atoms with Crippen molar-refractivity contribution < 1.29 is 13.4 Å². The first-order chi connectivity index (χ1) is 18.5. The number of imidazole rings is 2. The van der Waals surface area contributed by atoms with Gasteiger partial charge in [0.15, 0.2) is 11.6 Å². The molecule has 0 atom stereocenters. The topological polar surface area (TPSA) is 113 Å². The zero-order valence-corrected chi connectivity index (χ0v) is 22.1. The van der Waals surface area contributed by atoms with Gasteiger partial charge in [0, 0.05) is 41.1 Å². The average Bonchev–Trinajstić information content (AvgIpc) is 3.75. The van der Waals surface area contributed by atoms with Gasteiger partial charge < -0.3 is 18.2 Å². The lowest BCUT2D eigenvalue weighted by molar-refractivity contribution is 0.422. The number of rotatable bonds is 6. The normalized spacial score (nSPS) is 10.8. The van der Waals surface area contributed by atoms with Crippen LogP contribution in [0.15, 0.2) is 87.1 Å². The van der Waals surface area contributed by atoms with Crippen molar-refractivity contribution in [1.82, 2.24) is 39.4 Å². The van der Waals surface area contributed by atoms with Crippen LogP contribution in [0.25, 0.3) is 34.5 Å². The lowest BCUT2D eigenvalue weighted by atomic mass is 10.3. The minimum atomic E-state index is -0.270. The molecule has 0 saturated carbocycles. The van der Waals surface area contributed by atoms with E-state index < -0.39 is 0 Å². The van der Waals surface area contributed by atoms with E-state index >= 15 is 0 Å². The molecule has 0 aliphatic heterocycles. The van der Waals surface area contributed by atoms with E-state index in [-0.39, 0.29) is 5.82 Å². The van der Waals surface area contributed by atoms with Gasteiger partial charge in [0.1, 0.15) is 29.9 Å². The summed E-state index contributed by atoms with van der Waals surface area (Å²) in [7, 11) is 0. The van der Waals surface area contributed by atoms with Gasteiger partial charge in [-0.3, -0.25) is 0 Å². The van der Waals surface area contributed by atoms with E-state index in [0.29, 0.717) is 41.2 Å². The first kappa shape index (κ1) is 25.2. The fraction of sp³-hybridized carbons (Fsp3) is 0.154. The quantitative estimate of drug-likeness (QED) is 0.242. The van der Waals surface area contributed by atoms with Crippen LogP contribution in [0, 0.1) is 5.82 Å². The Hall–Kier alpha value is -4.45. The van der Waals surface area contributed by atoms with Crippen molar-refractivity contribution in [2.45, 2.75) is 26.7 Å². The maximum absolute atomic E-state index is 12.9. The van der Waals surface area contributed by atoms with Crippen molar-refractivity contribution in [1.29, 1.82) is 0 Å². The molecule has 4 heterocycles. The molecule has 192 valence electrons. The van der Waals surface area contributed by atoms with E-state index in [4.69, 9.17) is 9.05 Å². The summed E-state index contributed by atoms with van der Waals surface area (Å²) in [6.45, 7) is 3.93. The zero-order valence-electron chi connectivity index (χ0n) is 20.5. The molecule has 2 aromatic carbocycles. The summed E-state index contributed by atoms with van der Waals surface area (Å²) >= 11 is 3.45. The maximum atomic E-state index is 12.9. The Morgan fingerprint density at radius 3 is 1.82 bits per heavy atom. The predicted molar refractivity (Wildman–Crippen MR) is 140 cm³/mol. The third kappa shape index (κ3) is 5.75. The highest BCUT2D eigenvalue weighted by molar-refractivity contribution is 9.10. The number of aromatic nitrogens is 8. The number of halogens is 2. The Bertz CT molecular complexity index is 1640. The Labute approximate surface area is 225 Å². The molecule has 0 N–H and O–H groups in total. The first-order valence-electron chi connectivity index (χ1n) is 11.8. The van der Waals surface area contributed by atoms with Crippen LogP contribution in [0.4, 0.5) is 4.39 Å². The van der Waals surface area contributed by atoms with Gasteiger partial charge in [0.25, 0.3) is 11.8 Å². The molecule has 12 heteroatoms. The van der Waals surface area contributed by atoms with Crippen LogP contribution in [0.1, 0.15) is 25.5 Å². The summed E-state index contributed by atoms with van der Waals surface area (Å²) in [5.41, 5.74) is 3.10. The Morgan fingerprint density at radius 1 is 0.763 bits per heavy atom. The largest absolute Gasteiger partial charge is 0.332 e. The molecule has 4 aromatic heterocycles. The second-order valence-electron chi connectivity index (χ2n) is 8.03. The average molecular weight is 577 g/mol. The Balaban J connectivity index is 0.000000155. The fourth-order valence-corrected chi connectivity index (χ4v) is 3.79. The summed E-state index contributed by atoms with van der Waals surface area (Å²) in [6.07, 6.45) is 8.44. The van der Waals surface area contributed by atoms with Crippen LogP contribution < -0.4 is 0 Å². The molecule has 0 aliphatic rings. The Morgan fingerprint density at radius 2 is 1.32 bits per heavy atom. The first-order valence-corrected chi connectivity index (χ1v) is 12.6.